The molecule has 2 unspecified atom stereocenters. The van der Waals surface area contributed by atoms with Gasteiger partial charge in [-0.25, -0.2) is 4.79 Å². The summed E-state index contributed by atoms with van der Waals surface area (Å²) in [4.78, 5) is 37.0. The van der Waals surface area contributed by atoms with E-state index in [1.165, 1.54) is 128 Å². The van der Waals surface area contributed by atoms with Crippen LogP contribution in [0.4, 0.5) is 0 Å². The molecular formula is C48H90NO7+. The topological polar surface area (TPSA) is 99.1 Å². The summed E-state index contributed by atoms with van der Waals surface area (Å²) < 4.78 is 17.3. The SMILES string of the molecule is CCCCCCCCC/C=C/C=C/CCCCCC(=O)OC(COCCC(C(=O)O)[N+](C)(C)C)COC(=O)CCCCCCCCCCCCCCCCCC. The van der Waals surface area contributed by atoms with Crippen molar-refractivity contribution in [2.75, 3.05) is 41.0 Å². The Labute approximate surface area is 345 Å². The molecule has 0 spiro atoms. The Morgan fingerprint density at radius 2 is 0.929 bits per heavy atom. The van der Waals surface area contributed by atoms with Crippen LogP contribution in [0.3, 0.4) is 0 Å². The van der Waals surface area contributed by atoms with Crippen molar-refractivity contribution in [2.45, 2.75) is 225 Å². The fourth-order valence-corrected chi connectivity index (χ4v) is 6.97. The fourth-order valence-electron chi connectivity index (χ4n) is 6.97. The number of rotatable bonds is 42. The van der Waals surface area contributed by atoms with E-state index in [1.807, 2.05) is 21.1 Å². The lowest BCUT2D eigenvalue weighted by molar-refractivity contribution is -0.887. The van der Waals surface area contributed by atoms with Crippen molar-refractivity contribution >= 4 is 17.9 Å². The molecule has 0 aromatic rings. The largest absolute Gasteiger partial charge is 0.477 e. The number of unbranched alkanes of at least 4 members (excludes halogenated alkanes) is 25. The molecule has 0 rings (SSSR count). The molecule has 0 heterocycles. The quantitative estimate of drug-likeness (QED) is 0.0284. The molecule has 0 amide bonds. The van der Waals surface area contributed by atoms with E-state index in [4.69, 9.17) is 14.2 Å². The highest BCUT2D eigenvalue weighted by Crippen LogP contribution is 2.15. The van der Waals surface area contributed by atoms with Gasteiger partial charge >= 0.3 is 17.9 Å². The van der Waals surface area contributed by atoms with Gasteiger partial charge in [-0.1, -0.05) is 179 Å². The minimum Gasteiger partial charge on any atom is -0.477 e. The van der Waals surface area contributed by atoms with Crippen molar-refractivity contribution in [3.63, 3.8) is 0 Å². The van der Waals surface area contributed by atoms with Crippen molar-refractivity contribution in [3.05, 3.63) is 24.3 Å². The number of carboxylic acid groups (broad SMARTS) is 1. The number of quaternary nitrogens is 1. The number of hydrogen-bond acceptors (Lipinski definition) is 6. The number of esters is 2. The zero-order chi connectivity index (χ0) is 41.4. The van der Waals surface area contributed by atoms with Crippen LogP contribution in [0.25, 0.3) is 0 Å². The number of likely N-dealkylation sites (N-methyl/N-ethyl adjacent to an activating group) is 1. The van der Waals surface area contributed by atoms with E-state index in [0.717, 1.165) is 51.4 Å². The normalized spacial score (nSPS) is 13.1. The molecule has 0 aliphatic rings. The van der Waals surface area contributed by atoms with Gasteiger partial charge in [0.05, 0.1) is 34.4 Å². The predicted octanol–water partition coefficient (Wildman–Crippen LogP) is 12.9. The van der Waals surface area contributed by atoms with Crippen molar-refractivity contribution in [1.29, 1.82) is 0 Å². The molecule has 0 saturated heterocycles. The van der Waals surface area contributed by atoms with Crippen LogP contribution in [0, 0.1) is 0 Å². The molecule has 8 nitrogen and oxygen atoms in total. The highest BCUT2D eigenvalue weighted by atomic mass is 16.6. The average molecular weight is 793 g/mol. The monoisotopic (exact) mass is 793 g/mol. The first-order chi connectivity index (χ1) is 27.1. The van der Waals surface area contributed by atoms with E-state index in [2.05, 4.69) is 38.2 Å². The lowest BCUT2D eigenvalue weighted by Crippen LogP contribution is -2.50. The molecule has 56 heavy (non-hydrogen) atoms. The van der Waals surface area contributed by atoms with Gasteiger partial charge in [0.1, 0.15) is 6.61 Å². The molecule has 0 aromatic carbocycles. The number of allylic oxidation sites excluding steroid dienone is 4. The number of carbonyl (C=O) groups excluding carboxylic acids is 2. The average Bonchev–Trinajstić information content (AvgIpc) is 3.15. The summed E-state index contributed by atoms with van der Waals surface area (Å²) in [5.41, 5.74) is 0. The summed E-state index contributed by atoms with van der Waals surface area (Å²) in [5, 5.41) is 9.62. The Morgan fingerprint density at radius 1 is 0.536 bits per heavy atom. The Morgan fingerprint density at radius 3 is 1.36 bits per heavy atom. The summed E-state index contributed by atoms with van der Waals surface area (Å²) in [7, 11) is 5.52. The Kier molecular flexibility index (Phi) is 38.1. The van der Waals surface area contributed by atoms with Gasteiger partial charge in [-0.2, -0.15) is 0 Å². The summed E-state index contributed by atoms with van der Waals surface area (Å²) in [5.74, 6) is -1.49. The number of nitrogens with zero attached hydrogens (tertiary/aromatic N) is 1. The third-order valence-electron chi connectivity index (χ3n) is 10.6. The number of aliphatic carboxylic acids is 1. The third-order valence-corrected chi connectivity index (χ3v) is 10.6. The molecule has 0 bridgehead atoms. The highest BCUT2D eigenvalue weighted by molar-refractivity contribution is 5.72. The van der Waals surface area contributed by atoms with Gasteiger partial charge < -0.3 is 23.8 Å². The first kappa shape index (κ1) is 53.8. The molecular weight excluding hydrogens is 703 g/mol. The second kappa shape index (κ2) is 39.6. The number of hydrogen-bond donors (Lipinski definition) is 1. The van der Waals surface area contributed by atoms with Gasteiger partial charge in [0.25, 0.3) is 0 Å². The van der Waals surface area contributed by atoms with Gasteiger partial charge in [0, 0.05) is 19.3 Å². The molecule has 0 aliphatic carbocycles. The maximum Gasteiger partial charge on any atom is 0.362 e. The van der Waals surface area contributed by atoms with E-state index in [-0.39, 0.29) is 36.2 Å². The third kappa shape index (κ3) is 37.4. The maximum absolute atomic E-state index is 12.7. The van der Waals surface area contributed by atoms with Gasteiger partial charge in [0.15, 0.2) is 12.1 Å². The lowest BCUT2D eigenvalue weighted by atomic mass is 10.0. The lowest BCUT2D eigenvalue weighted by Gasteiger charge is -2.31. The van der Waals surface area contributed by atoms with Crippen LogP contribution in [0.15, 0.2) is 24.3 Å². The maximum atomic E-state index is 12.7. The molecule has 0 saturated carbocycles. The summed E-state index contributed by atoms with van der Waals surface area (Å²) in [6, 6.07) is -0.616. The van der Waals surface area contributed by atoms with E-state index < -0.39 is 18.1 Å². The van der Waals surface area contributed by atoms with Crippen molar-refractivity contribution in [3.8, 4) is 0 Å². The van der Waals surface area contributed by atoms with Gasteiger partial charge in [-0.05, 0) is 38.5 Å². The van der Waals surface area contributed by atoms with Crippen LogP contribution < -0.4 is 0 Å². The van der Waals surface area contributed by atoms with E-state index in [9.17, 15) is 19.5 Å². The molecule has 1 N–H and O–H groups in total. The molecule has 0 fully saturated rings. The van der Waals surface area contributed by atoms with Crippen LogP contribution >= 0.6 is 0 Å². The van der Waals surface area contributed by atoms with E-state index in [1.54, 1.807) is 0 Å². The van der Waals surface area contributed by atoms with Crippen molar-refractivity contribution in [1.82, 2.24) is 0 Å². The van der Waals surface area contributed by atoms with Crippen LogP contribution in [0.5, 0.6) is 0 Å². The second-order valence-corrected chi connectivity index (χ2v) is 17.0. The molecule has 0 radical (unpaired) electrons. The zero-order valence-corrected chi connectivity index (χ0v) is 37.3. The number of carbonyl (C=O) groups is 3. The molecule has 8 heteroatoms. The number of ether oxygens (including phenoxy) is 3. The predicted molar refractivity (Wildman–Crippen MR) is 234 cm³/mol. The Balaban J connectivity index is 4.34. The Hall–Kier alpha value is -2.19. The Bertz CT molecular complexity index is 973. The van der Waals surface area contributed by atoms with Gasteiger partial charge in [-0.15, -0.1) is 0 Å². The molecule has 0 aliphatic heterocycles. The summed E-state index contributed by atoms with van der Waals surface area (Å²) in [6.45, 7) is 4.73. The van der Waals surface area contributed by atoms with Crippen LogP contribution in [-0.4, -0.2) is 80.6 Å². The van der Waals surface area contributed by atoms with Crippen molar-refractivity contribution in [2.24, 2.45) is 0 Å². The van der Waals surface area contributed by atoms with Crippen LogP contribution in [0.2, 0.25) is 0 Å². The number of carboxylic acids is 1. The minimum absolute atomic E-state index is 0.0544. The second-order valence-electron chi connectivity index (χ2n) is 17.0. The molecule has 2 atom stereocenters. The molecule has 0 aromatic heterocycles. The van der Waals surface area contributed by atoms with E-state index in [0.29, 0.717) is 19.3 Å². The summed E-state index contributed by atoms with van der Waals surface area (Å²) >= 11 is 0. The first-order valence-electron chi connectivity index (χ1n) is 23.4. The van der Waals surface area contributed by atoms with Crippen molar-refractivity contribution < 1.29 is 38.2 Å². The fraction of sp³-hybridized carbons (Fsp3) is 0.854. The van der Waals surface area contributed by atoms with Crippen LogP contribution in [0.1, 0.15) is 213 Å². The smallest absolute Gasteiger partial charge is 0.362 e. The van der Waals surface area contributed by atoms with Gasteiger partial charge in [0.2, 0.25) is 0 Å². The highest BCUT2D eigenvalue weighted by Gasteiger charge is 2.31. The minimum atomic E-state index is -0.877. The van der Waals surface area contributed by atoms with E-state index >= 15 is 0 Å². The summed E-state index contributed by atoms with van der Waals surface area (Å²) in [6.07, 6.45) is 43.6. The van der Waals surface area contributed by atoms with Crippen LogP contribution in [-0.2, 0) is 28.6 Å². The molecule has 328 valence electrons. The zero-order valence-electron chi connectivity index (χ0n) is 37.3. The van der Waals surface area contributed by atoms with Gasteiger partial charge in [-0.3, -0.25) is 9.59 Å². The standard InChI is InChI=1S/C48H89NO7/c1-6-8-10-12-14-16-18-20-22-24-26-28-30-32-34-36-38-46(50)55-43-44(42-54-41-40-45(48(52)53)49(3,4)5)56-47(51)39-37-35-33-31-29-27-25-23-21-19-17-15-13-11-9-7-2/h23,25,27,29,44-45H,6-22,24,26,28,30-43H2,1-5H3/p+1/b25-23+,29-27+. The first-order valence-corrected chi connectivity index (χ1v) is 23.4.